The van der Waals surface area contributed by atoms with E-state index < -0.39 is 11.4 Å². The lowest BCUT2D eigenvalue weighted by molar-refractivity contribution is -0.150. The topological polar surface area (TPSA) is 77.8 Å². The molecule has 20 heavy (non-hydrogen) atoms. The number of likely N-dealkylation sites (tertiary alicyclic amines) is 1. The van der Waals surface area contributed by atoms with Crippen LogP contribution in [0.4, 0.5) is 0 Å². The van der Waals surface area contributed by atoms with Gasteiger partial charge in [0, 0.05) is 13.1 Å². The van der Waals surface area contributed by atoms with Gasteiger partial charge >= 0.3 is 5.97 Å². The first-order valence-corrected chi connectivity index (χ1v) is 6.66. The lowest BCUT2D eigenvalue weighted by atomic mass is 9.80. The molecule has 1 aromatic rings. The number of carbonyl (C=O) groups is 2. The zero-order valence-electron chi connectivity index (χ0n) is 11.7. The molecule has 2 rings (SSSR count). The molecule has 1 aromatic carbocycles. The van der Waals surface area contributed by atoms with Crippen molar-refractivity contribution in [1.82, 2.24) is 4.90 Å². The van der Waals surface area contributed by atoms with Gasteiger partial charge in [-0.15, -0.1) is 0 Å². The molecular weight excluding hydrogens is 258 g/mol. The van der Waals surface area contributed by atoms with Gasteiger partial charge in [0.2, 0.25) is 0 Å². The van der Waals surface area contributed by atoms with Crippen LogP contribution in [0, 0.1) is 12.3 Å². The third-order valence-corrected chi connectivity index (χ3v) is 4.05. The van der Waals surface area contributed by atoms with Crippen LogP contribution in [0.15, 0.2) is 18.2 Å². The fraction of sp³-hybridized carbons (Fsp3) is 0.467. The highest BCUT2D eigenvalue weighted by atomic mass is 16.4. The molecule has 5 nitrogen and oxygen atoms in total. The molecule has 1 aliphatic heterocycles. The number of hydrogen-bond acceptors (Lipinski definition) is 3. The minimum Gasteiger partial charge on any atom is -0.507 e. The molecule has 0 saturated carbocycles. The maximum atomic E-state index is 12.4. The molecule has 1 heterocycles. The maximum absolute atomic E-state index is 12.4. The van der Waals surface area contributed by atoms with Crippen molar-refractivity contribution >= 4 is 11.9 Å². The average molecular weight is 277 g/mol. The summed E-state index contributed by atoms with van der Waals surface area (Å²) in [6, 6.07) is 4.90. The van der Waals surface area contributed by atoms with Crippen LogP contribution in [0.5, 0.6) is 5.75 Å². The number of phenolic OH excluding ortho intramolecular Hbond substituents is 1. The van der Waals surface area contributed by atoms with Crippen LogP contribution >= 0.6 is 0 Å². The van der Waals surface area contributed by atoms with E-state index in [0.29, 0.717) is 25.9 Å². The van der Waals surface area contributed by atoms with E-state index in [-0.39, 0.29) is 17.2 Å². The van der Waals surface area contributed by atoms with Crippen molar-refractivity contribution < 1.29 is 19.8 Å². The number of benzene rings is 1. The molecule has 2 N–H and O–H groups in total. The third-order valence-electron chi connectivity index (χ3n) is 4.05. The Balaban J connectivity index is 2.13. The molecule has 0 aromatic heterocycles. The smallest absolute Gasteiger partial charge is 0.309 e. The molecule has 0 aliphatic carbocycles. The van der Waals surface area contributed by atoms with Gasteiger partial charge in [0.25, 0.3) is 5.91 Å². The Morgan fingerprint density at radius 1 is 1.25 bits per heavy atom. The molecular formula is C15H19NO4. The van der Waals surface area contributed by atoms with Gasteiger partial charge < -0.3 is 15.1 Å². The summed E-state index contributed by atoms with van der Waals surface area (Å²) in [6.45, 7) is 4.36. The van der Waals surface area contributed by atoms with Gasteiger partial charge in [-0.05, 0) is 38.8 Å². The van der Waals surface area contributed by atoms with E-state index in [1.807, 2.05) is 6.92 Å². The molecule has 1 aliphatic rings. The van der Waals surface area contributed by atoms with E-state index >= 15 is 0 Å². The molecule has 1 amide bonds. The highest BCUT2D eigenvalue weighted by Gasteiger charge is 2.38. The van der Waals surface area contributed by atoms with Crippen LogP contribution in [0.25, 0.3) is 0 Å². The molecule has 0 radical (unpaired) electrons. The van der Waals surface area contributed by atoms with Gasteiger partial charge in [0.1, 0.15) is 5.75 Å². The first-order valence-electron chi connectivity index (χ1n) is 6.66. The van der Waals surface area contributed by atoms with Gasteiger partial charge in [-0.3, -0.25) is 9.59 Å². The fourth-order valence-electron chi connectivity index (χ4n) is 2.41. The van der Waals surface area contributed by atoms with E-state index in [4.69, 9.17) is 0 Å². The summed E-state index contributed by atoms with van der Waals surface area (Å²) in [6.07, 6.45) is 0.862. The van der Waals surface area contributed by atoms with Crippen molar-refractivity contribution in [2.75, 3.05) is 13.1 Å². The van der Waals surface area contributed by atoms with Crippen LogP contribution in [0.3, 0.4) is 0 Å². The van der Waals surface area contributed by atoms with Crippen LogP contribution < -0.4 is 0 Å². The van der Waals surface area contributed by atoms with Gasteiger partial charge in [0.05, 0.1) is 11.0 Å². The Labute approximate surface area is 117 Å². The van der Waals surface area contributed by atoms with Crippen LogP contribution in [0.1, 0.15) is 35.7 Å². The Hall–Kier alpha value is -2.04. The number of carboxylic acid groups (broad SMARTS) is 1. The number of aromatic hydroxyl groups is 1. The van der Waals surface area contributed by atoms with Crippen LogP contribution in [0.2, 0.25) is 0 Å². The van der Waals surface area contributed by atoms with E-state index in [1.54, 1.807) is 24.0 Å². The third kappa shape index (κ3) is 2.61. The number of rotatable bonds is 2. The molecule has 1 fully saturated rings. The molecule has 0 atom stereocenters. The summed E-state index contributed by atoms with van der Waals surface area (Å²) in [7, 11) is 0. The second kappa shape index (κ2) is 5.15. The fourth-order valence-corrected chi connectivity index (χ4v) is 2.41. The highest BCUT2D eigenvalue weighted by Crippen LogP contribution is 2.32. The van der Waals surface area contributed by atoms with E-state index in [9.17, 15) is 19.8 Å². The zero-order valence-corrected chi connectivity index (χ0v) is 11.7. The number of hydrogen-bond donors (Lipinski definition) is 2. The Kier molecular flexibility index (Phi) is 3.70. The summed E-state index contributed by atoms with van der Waals surface area (Å²) >= 11 is 0. The predicted molar refractivity (Wildman–Crippen MR) is 73.7 cm³/mol. The lowest BCUT2D eigenvalue weighted by Gasteiger charge is -2.36. The quantitative estimate of drug-likeness (QED) is 0.867. The number of aliphatic carboxylic acids is 1. The van der Waals surface area contributed by atoms with Crippen LogP contribution in [-0.2, 0) is 4.79 Å². The predicted octanol–water partition coefficient (Wildman–Crippen LogP) is 2.03. The Bertz CT molecular complexity index is 545. The minimum atomic E-state index is -0.817. The lowest BCUT2D eigenvalue weighted by Crippen LogP contribution is -2.45. The number of aryl methyl sites for hydroxylation is 1. The highest BCUT2D eigenvalue weighted by molar-refractivity contribution is 5.97. The van der Waals surface area contributed by atoms with Crippen molar-refractivity contribution in [2.24, 2.45) is 5.41 Å². The van der Waals surface area contributed by atoms with E-state index in [2.05, 4.69) is 0 Å². The van der Waals surface area contributed by atoms with Crippen molar-refractivity contribution in [2.45, 2.75) is 26.7 Å². The first-order chi connectivity index (χ1) is 9.33. The summed E-state index contributed by atoms with van der Waals surface area (Å²) in [5, 5.41) is 19.0. The Morgan fingerprint density at radius 3 is 2.40 bits per heavy atom. The monoisotopic (exact) mass is 277 g/mol. The van der Waals surface area contributed by atoms with Crippen molar-refractivity contribution in [3.05, 3.63) is 29.3 Å². The van der Waals surface area contributed by atoms with Gasteiger partial charge in [-0.2, -0.15) is 0 Å². The molecule has 5 heteroatoms. The number of carbonyl (C=O) groups excluding carboxylic acids is 1. The second-order valence-electron chi connectivity index (χ2n) is 5.68. The first kappa shape index (κ1) is 14.4. The maximum Gasteiger partial charge on any atom is 0.309 e. The van der Waals surface area contributed by atoms with Crippen molar-refractivity contribution in [1.29, 1.82) is 0 Å². The largest absolute Gasteiger partial charge is 0.507 e. The number of nitrogens with zero attached hydrogens (tertiary/aromatic N) is 1. The average Bonchev–Trinajstić information content (AvgIpc) is 2.41. The zero-order chi connectivity index (χ0) is 14.9. The SMILES string of the molecule is Cc1ccc(O)c(C(=O)N2CCC(C)(C(=O)O)CC2)c1. The van der Waals surface area contributed by atoms with E-state index in [0.717, 1.165) is 5.56 Å². The molecule has 0 spiro atoms. The van der Waals surface area contributed by atoms with Gasteiger partial charge in [0.15, 0.2) is 0 Å². The van der Waals surface area contributed by atoms with Gasteiger partial charge in [-0.1, -0.05) is 11.6 Å². The van der Waals surface area contributed by atoms with Crippen molar-refractivity contribution in [3.63, 3.8) is 0 Å². The minimum absolute atomic E-state index is 0.0350. The second-order valence-corrected chi connectivity index (χ2v) is 5.68. The summed E-state index contributed by atoms with van der Waals surface area (Å²) in [5.74, 6) is -1.09. The molecule has 0 bridgehead atoms. The summed E-state index contributed by atoms with van der Waals surface area (Å²) in [5.41, 5.74) is 0.424. The van der Waals surface area contributed by atoms with Crippen molar-refractivity contribution in [3.8, 4) is 5.75 Å². The molecule has 1 saturated heterocycles. The standard InChI is InChI=1S/C15H19NO4/c1-10-3-4-12(17)11(9-10)13(18)16-7-5-15(2,6-8-16)14(19)20/h3-4,9,17H,5-8H2,1-2H3,(H,19,20). The van der Waals surface area contributed by atoms with E-state index in [1.165, 1.54) is 6.07 Å². The number of carboxylic acids is 1. The number of phenols is 1. The van der Waals surface area contributed by atoms with Crippen LogP contribution in [-0.4, -0.2) is 40.1 Å². The molecule has 0 unspecified atom stereocenters. The summed E-state index contributed by atoms with van der Waals surface area (Å²) in [4.78, 5) is 25.2. The summed E-state index contributed by atoms with van der Waals surface area (Å²) < 4.78 is 0. The Morgan fingerprint density at radius 2 is 1.85 bits per heavy atom. The molecule has 108 valence electrons. The number of amides is 1. The normalized spacial score (nSPS) is 17.8. The van der Waals surface area contributed by atoms with Gasteiger partial charge in [-0.25, -0.2) is 0 Å². The number of piperidine rings is 1.